The van der Waals surface area contributed by atoms with Crippen LogP contribution in [0.3, 0.4) is 0 Å². The van der Waals surface area contributed by atoms with Crippen LogP contribution >= 0.6 is 0 Å². The monoisotopic (exact) mass is 166 g/mol. The maximum atomic E-state index is 9.40. The minimum atomic E-state index is -0.355. The molecular weight excluding hydrogens is 152 g/mol. The van der Waals surface area contributed by atoms with Crippen molar-refractivity contribution >= 4 is 0 Å². The van der Waals surface area contributed by atoms with Crippen LogP contribution in [0.2, 0.25) is 0 Å². The smallest absolute Gasteiger partial charge is 0.0687 e. The van der Waals surface area contributed by atoms with E-state index >= 15 is 0 Å². The first kappa shape index (κ1) is 9.13. The molecule has 3 heteroatoms. The van der Waals surface area contributed by atoms with E-state index in [-0.39, 0.29) is 12.0 Å². The van der Waals surface area contributed by atoms with Crippen molar-refractivity contribution in [1.82, 2.24) is 10.2 Å². The van der Waals surface area contributed by atoms with Crippen LogP contribution in [0.1, 0.15) is 31.9 Å². The summed E-state index contributed by atoms with van der Waals surface area (Å²) in [6.45, 7) is 3.81. The minimum absolute atomic E-state index is 0.110. The van der Waals surface area contributed by atoms with Crippen LogP contribution in [-0.2, 0) is 0 Å². The van der Waals surface area contributed by atoms with Crippen molar-refractivity contribution in [2.45, 2.75) is 32.3 Å². The van der Waals surface area contributed by atoms with E-state index in [4.69, 9.17) is 0 Å². The van der Waals surface area contributed by atoms with Gasteiger partial charge in [0.1, 0.15) is 0 Å². The Morgan fingerprint density at radius 2 is 2.33 bits per heavy atom. The first-order valence-electron chi connectivity index (χ1n) is 4.21. The lowest BCUT2D eigenvalue weighted by molar-refractivity contribution is 0.157. The highest BCUT2D eigenvalue weighted by molar-refractivity contribution is 5.07. The lowest BCUT2D eigenvalue weighted by Gasteiger charge is -2.15. The number of aromatic nitrogens is 2. The lowest BCUT2D eigenvalue weighted by Crippen LogP contribution is -2.15. The molecule has 0 amide bonds. The van der Waals surface area contributed by atoms with Crippen LogP contribution in [0.4, 0.5) is 0 Å². The summed E-state index contributed by atoms with van der Waals surface area (Å²) in [5.41, 5.74) is 0.870. The molecule has 0 spiro atoms. The van der Waals surface area contributed by atoms with Gasteiger partial charge in [-0.25, -0.2) is 0 Å². The summed E-state index contributed by atoms with van der Waals surface area (Å²) in [5.74, 6) is 0.110. The Balaban J connectivity index is 2.80. The van der Waals surface area contributed by atoms with E-state index in [1.165, 1.54) is 0 Å². The van der Waals surface area contributed by atoms with Crippen molar-refractivity contribution in [1.29, 1.82) is 0 Å². The molecule has 0 aliphatic rings. The van der Waals surface area contributed by atoms with Crippen LogP contribution in [-0.4, -0.2) is 21.4 Å². The molecule has 0 radical (unpaired) electrons. The molecule has 0 saturated carbocycles. The number of hydrogen-bond donors (Lipinski definition) is 1. The van der Waals surface area contributed by atoms with Crippen molar-refractivity contribution in [3.8, 4) is 0 Å². The summed E-state index contributed by atoms with van der Waals surface area (Å²) in [7, 11) is 0. The topological polar surface area (TPSA) is 46.0 Å². The summed E-state index contributed by atoms with van der Waals surface area (Å²) in [4.78, 5) is 0. The number of nitrogens with zero attached hydrogens (tertiary/aromatic N) is 2. The average molecular weight is 166 g/mol. The van der Waals surface area contributed by atoms with Gasteiger partial charge in [0.15, 0.2) is 0 Å². The SMILES string of the molecule is CCC(c1cccnn1)C(C)O. The highest BCUT2D eigenvalue weighted by atomic mass is 16.3. The fourth-order valence-electron chi connectivity index (χ4n) is 1.31. The van der Waals surface area contributed by atoms with E-state index in [1.54, 1.807) is 13.1 Å². The molecule has 12 heavy (non-hydrogen) atoms. The summed E-state index contributed by atoms with van der Waals surface area (Å²) in [6.07, 6.45) is 2.17. The molecule has 0 fully saturated rings. The Morgan fingerprint density at radius 1 is 1.58 bits per heavy atom. The van der Waals surface area contributed by atoms with E-state index in [9.17, 15) is 5.11 Å². The zero-order chi connectivity index (χ0) is 8.97. The van der Waals surface area contributed by atoms with Gasteiger partial charge in [0.05, 0.1) is 11.8 Å². The Hall–Kier alpha value is -0.960. The van der Waals surface area contributed by atoms with Crippen molar-refractivity contribution in [3.63, 3.8) is 0 Å². The second kappa shape index (κ2) is 4.16. The molecule has 2 unspecified atom stereocenters. The molecule has 1 rings (SSSR count). The molecule has 66 valence electrons. The van der Waals surface area contributed by atoms with E-state index < -0.39 is 0 Å². The normalized spacial score (nSPS) is 15.6. The fraction of sp³-hybridized carbons (Fsp3) is 0.556. The van der Waals surface area contributed by atoms with Crippen molar-refractivity contribution in [2.75, 3.05) is 0 Å². The molecule has 0 aromatic carbocycles. The zero-order valence-corrected chi connectivity index (χ0v) is 7.44. The van der Waals surface area contributed by atoms with Gasteiger partial charge in [-0.05, 0) is 25.5 Å². The van der Waals surface area contributed by atoms with Crippen molar-refractivity contribution in [3.05, 3.63) is 24.0 Å². The molecule has 2 atom stereocenters. The average Bonchev–Trinajstić information content (AvgIpc) is 2.07. The van der Waals surface area contributed by atoms with Crippen molar-refractivity contribution in [2.24, 2.45) is 0 Å². The maximum absolute atomic E-state index is 9.40. The highest BCUT2D eigenvalue weighted by Gasteiger charge is 2.15. The predicted octanol–water partition coefficient (Wildman–Crippen LogP) is 1.35. The van der Waals surface area contributed by atoms with Crippen LogP contribution < -0.4 is 0 Å². The third kappa shape index (κ3) is 2.01. The molecule has 0 saturated heterocycles. The van der Waals surface area contributed by atoms with Crippen LogP contribution in [0.25, 0.3) is 0 Å². The second-order valence-electron chi connectivity index (χ2n) is 2.90. The van der Waals surface area contributed by atoms with Gasteiger partial charge < -0.3 is 5.11 Å². The maximum Gasteiger partial charge on any atom is 0.0687 e. The van der Waals surface area contributed by atoms with Gasteiger partial charge in [0.25, 0.3) is 0 Å². The number of rotatable bonds is 3. The van der Waals surface area contributed by atoms with Crippen LogP contribution in [0.15, 0.2) is 18.3 Å². The molecule has 0 aliphatic carbocycles. The van der Waals surface area contributed by atoms with E-state index in [0.717, 1.165) is 12.1 Å². The summed E-state index contributed by atoms with van der Waals surface area (Å²) >= 11 is 0. The molecule has 1 heterocycles. The van der Waals surface area contributed by atoms with E-state index in [0.29, 0.717) is 0 Å². The number of aliphatic hydroxyl groups is 1. The zero-order valence-electron chi connectivity index (χ0n) is 7.44. The lowest BCUT2D eigenvalue weighted by atomic mass is 9.97. The third-order valence-corrected chi connectivity index (χ3v) is 1.99. The fourth-order valence-corrected chi connectivity index (χ4v) is 1.31. The van der Waals surface area contributed by atoms with Gasteiger partial charge in [0.2, 0.25) is 0 Å². The van der Waals surface area contributed by atoms with Crippen LogP contribution in [0, 0.1) is 0 Å². The molecule has 0 bridgehead atoms. The van der Waals surface area contributed by atoms with Gasteiger partial charge >= 0.3 is 0 Å². The third-order valence-electron chi connectivity index (χ3n) is 1.99. The molecular formula is C9H14N2O. The molecule has 1 aromatic rings. The standard InChI is InChI=1S/C9H14N2O/c1-3-8(7(2)12)9-5-4-6-10-11-9/h4-8,12H,3H2,1-2H3. The van der Waals surface area contributed by atoms with Gasteiger partial charge in [0, 0.05) is 12.1 Å². The first-order valence-corrected chi connectivity index (χ1v) is 4.21. The van der Waals surface area contributed by atoms with Crippen molar-refractivity contribution < 1.29 is 5.11 Å². The van der Waals surface area contributed by atoms with Gasteiger partial charge in [-0.15, -0.1) is 0 Å². The molecule has 0 aliphatic heterocycles. The summed E-state index contributed by atoms with van der Waals surface area (Å²) in [5, 5.41) is 17.1. The Kier molecular flexibility index (Phi) is 3.17. The quantitative estimate of drug-likeness (QED) is 0.737. The molecule has 1 aromatic heterocycles. The Bertz CT molecular complexity index is 223. The number of aliphatic hydroxyl groups excluding tert-OH is 1. The molecule has 1 N–H and O–H groups in total. The number of hydrogen-bond acceptors (Lipinski definition) is 3. The predicted molar refractivity (Wildman–Crippen MR) is 46.7 cm³/mol. The largest absolute Gasteiger partial charge is 0.393 e. The van der Waals surface area contributed by atoms with Crippen LogP contribution in [0.5, 0.6) is 0 Å². The summed E-state index contributed by atoms with van der Waals surface area (Å²) in [6, 6.07) is 3.74. The van der Waals surface area contributed by atoms with Gasteiger partial charge in [-0.2, -0.15) is 10.2 Å². The minimum Gasteiger partial charge on any atom is -0.393 e. The second-order valence-corrected chi connectivity index (χ2v) is 2.90. The first-order chi connectivity index (χ1) is 5.75. The highest BCUT2D eigenvalue weighted by Crippen LogP contribution is 2.19. The van der Waals surface area contributed by atoms with Gasteiger partial charge in [-0.3, -0.25) is 0 Å². The Morgan fingerprint density at radius 3 is 2.75 bits per heavy atom. The summed E-state index contributed by atoms with van der Waals surface area (Å²) < 4.78 is 0. The Labute approximate surface area is 72.5 Å². The van der Waals surface area contributed by atoms with Gasteiger partial charge in [-0.1, -0.05) is 6.92 Å². The molecule has 3 nitrogen and oxygen atoms in total. The van der Waals surface area contributed by atoms with E-state index in [2.05, 4.69) is 10.2 Å². The van der Waals surface area contributed by atoms with E-state index in [1.807, 2.05) is 19.1 Å².